The predicted molar refractivity (Wildman–Crippen MR) is 343 cm³/mol. The molecular formula is C80H58. The first-order valence-electron chi connectivity index (χ1n) is 27.9. The highest BCUT2D eigenvalue weighted by molar-refractivity contribution is 6.16. The maximum absolute atomic E-state index is 2.41. The van der Waals surface area contributed by atoms with Crippen LogP contribution in [0.2, 0.25) is 0 Å². The fraction of sp³-hybridized carbons (Fsp3) is 0.0250. The van der Waals surface area contributed by atoms with E-state index in [-0.39, 0.29) is 0 Å². The molecule has 0 aromatic heterocycles. The van der Waals surface area contributed by atoms with Gasteiger partial charge in [0, 0.05) is 0 Å². The summed E-state index contributed by atoms with van der Waals surface area (Å²) in [4.78, 5) is 0. The van der Waals surface area contributed by atoms with Crippen molar-refractivity contribution < 1.29 is 0 Å². The van der Waals surface area contributed by atoms with E-state index in [1.165, 1.54) is 77.9 Å². The lowest BCUT2D eigenvalue weighted by Crippen LogP contribution is -2.06. The molecule has 0 aliphatic heterocycles. The molecule has 11 aromatic carbocycles. The van der Waals surface area contributed by atoms with Crippen LogP contribution in [0.15, 0.2) is 328 Å². The smallest absolute Gasteiger partial charge is 0.00139 e. The molecule has 0 bridgehead atoms. The summed E-state index contributed by atoms with van der Waals surface area (Å²) in [6.07, 6.45) is 24.6. The Labute approximate surface area is 471 Å². The Hall–Kier alpha value is -10.1. The van der Waals surface area contributed by atoms with E-state index in [9.17, 15) is 0 Å². The third-order valence-electron chi connectivity index (χ3n) is 15.5. The van der Waals surface area contributed by atoms with Gasteiger partial charge in [-0.2, -0.15) is 0 Å². The van der Waals surface area contributed by atoms with Gasteiger partial charge in [0.2, 0.25) is 0 Å². The predicted octanol–water partition coefficient (Wildman–Crippen LogP) is 22.2. The first-order valence-corrected chi connectivity index (χ1v) is 27.9. The topological polar surface area (TPSA) is 0 Å². The number of hydrogen-bond acceptors (Lipinski definition) is 0. The van der Waals surface area contributed by atoms with Gasteiger partial charge in [0.1, 0.15) is 0 Å². The number of allylic oxidation sites excluding steroid dienone is 12. The van der Waals surface area contributed by atoms with Crippen molar-refractivity contribution in [3.8, 4) is 111 Å². The summed E-state index contributed by atoms with van der Waals surface area (Å²) in [5, 5.41) is 0. The monoisotopic (exact) mass is 1020 g/mol. The summed E-state index contributed by atoms with van der Waals surface area (Å²) in [7, 11) is 0. The van der Waals surface area contributed by atoms with E-state index in [4.69, 9.17) is 0 Å². The van der Waals surface area contributed by atoms with Gasteiger partial charge >= 0.3 is 0 Å². The number of rotatable bonds is 12. The molecule has 0 N–H and O–H groups in total. The van der Waals surface area contributed by atoms with Gasteiger partial charge in [-0.15, -0.1) is 0 Å². The molecule has 0 saturated heterocycles. The van der Waals surface area contributed by atoms with Gasteiger partial charge in [0.25, 0.3) is 0 Å². The molecule has 11 aromatic rings. The van der Waals surface area contributed by atoms with E-state index in [2.05, 4.69) is 328 Å². The first kappa shape index (κ1) is 49.4. The lowest BCUT2D eigenvalue weighted by Gasteiger charge is -2.30. The van der Waals surface area contributed by atoms with Gasteiger partial charge in [0.15, 0.2) is 0 Å². The minimum Gasteiger partial charge on any atom is -0.0807 e. The molecule has 0 nitrogen and oxygen atoms in total. The Morgan fingerprint density at radius 1 is 0.163 bits per heavy atom. The molecule has 0 spiro atoms. The van der Waals surface area contributed by atoms with Crippen LogP contribution in [-0.4, -0.2) is 0 Å². The molecule has 378 valence electrons. The van der Waals surface area contributed by atoms with E-state index in [1.807, 2.05) is 0 Å². The van der Waals surface area contributed by atoms with Gasteiger partial charge in [-0.3, -0.25) is 0 Å². The zero-order chi connectivity index (χ0) is 53.5. The summed E-state index contributed by atoms with van der Waals surface area (Å²) in [5.41, 5.74) is 28.2. The van der Waals surface area contributed by atoms with Crippen LogP contribution in [0.5, 0.6) is 0 Å². The van der Waals surface area contributed by atoms with E-state index in [0.29, 0.717) is 0 Å². The Bertz CT molecular complexity index is 4060. The molecule has 0 saturated carbocycles. The summed E-state index contributed by atoms with van der Waals surface area (Å²) in [6.45, 7) is 0. The van der Waals surface area contributed by atoms with Crippen LogP contribution in [0.1, 0.15) is 24.0 Å². The van der Waals surface area contributed by atoms with Crippen molar-refractivity contribution in [3.05, 3.63) is 339 Å². The highest BCUT2D eigenvalue weighted by atomic mass is 14.3. The van der Waals surface area contributed by atoms with Crippen molar-refractivity contribution in [2.24, 2.45) is 0 Å². The minimum atomic E-state index is 0.865. The zero-order valence-electron chi connectivity index (χ0n) is 44.6. The van der Waals surface area contributed by atoms with Gasteiger partial charge in [-0.25, -0.2) is 0 Å². The minimum absolute atomic E-state index is 0.865. The van der Waals surface area contributed by atoms with Crippen LogP contribution in [0, 0.1) is 0 Å². The van der Waals surface area contributed by atoms with Gasteiger partial charge < -0.3 is 0 Å². The van der Waals surface area contributed by atoms with E-state index in [0.717, 1.165) is 68.5 Å². The van der Waals surface area contributed by atoms with Crippen molar-refractivity contribution in [2.75, 3.05) is 0 Å². The maximum Gasteiger partial charge on any atom is -0.00139 e. The van der Waals surface area contributed by atoms with Gasteiger partial charge in [-0.05, 0) is 146 Å². The van der Waals surface area contributed by atoms with E-state index in [1.54, 1.807) is 0 Å². The first-order chi connectivity index (χ1) is 39.8. The van der Waals surface area contributed by atoms with Crippen LogP contribution < -0.4 is 0 Å². The third-order valence-corrected chi connectivity index (χ3v) is 15.5. The fourth-order valence-corrected chi connectivity index (χ4v) is 12.1. The van der Waals surface area contributed by atoms with Crippen LogP contribution in [0.25, 0.3) is 122 Å². The normalized spacial score (nSPS) is 12.8. The van der Waals surface area contributed by atoms with E-state index >= 15 is 0 Å². The SMILES string of the molecule is C1=CCC=CC(c2c(C3=CC=CCC=C3)c(-c3ccccc3)c(-c3ccc(-c4c(-c5ccccc5)c(-c5ccccc5)c(-c5ccccc5)c(-c5ccccc5)c4-c4ccccc4)cc3)c(-c3ccccc3)c2-c2ccccc2)=C1. The molecule has 80 heavy (non-hydrogen) atoms. The zero-order valence-corrected chi connectivity index (χ0v) is 44.6. The molecule has 0 heteroatoms. The quantitative estimate of drug-likeness (QED) is 0.114. The Morgan fingerprint density at radius 3 is 0.537 bits per heavy atom. The second kappa shape index (κ2) is 22.8. The van der Waals surface area contributed by atoms with Crippen molar-refractivity contribution in [3.63, 3.8) is 0 Å². The molecule has 0 atom stereocenters. The van der Waals surface area contributed by atoms with Crippen molar-refractivity contribution in [2.45, 2.75) is 12.8 Å². The summed E-state index contributed by atoms with van der Waals surface area (Å²) in [6, 6.07) is 98.2. The molecule has 0 radical (unpaired) electrons. The molecular weight excluding hydrogens is 961 g/mol. The molecule has 13 rings (SSSR count). The largest absolute Gasteiger partial charge is 0.0807 e. The van der Waals surface area contributed by atoms with Crippen LogP contribution in [0.4, 0.5) is 0 Å². The second-order valence-electron chi connectivity index (χ2n) is 20.4. The Morgan fingerprint density at radius 2 is 0.338 bits per heavy atom. The lowest BCUT2D eigenvalue weighted by molar-refractivity contribution is 1.40. The average molecular weight is 1020 g/mol. The maximum atomic E-state index is 2.41. The number of hydrogen-bond donors (Lipinski definition) is 0. The third kappa shape index (κ3) is 9.59. The Balaban J connectivity index is 1.21. The van der Waals surface area contributed by atoms with Crippen LogP contribution in [0.3, 0.4) is 0 Å². The summed E-state index contributed by atoms with van der Waals surface area (Å²) in [5.74, 6) is 0. The summed E-state index contributed by atoms with van der Waals surface area (Å²) < 4.78 is 0. The summed E-state index contributed by atoms with van der Waals surface area (Å²) >= 11 is 0. The molecule has 2 aliphatic carbocycles. The van der Waals surface area contributed by atoms with Gasteiger partial charge in [0.05, 0.1) is 0 Å². The Kier molecular flexibility index (Phi) is 14.1. The molecule has 0 amide bonds. The average Bonchev–Trinajstić information content (AvgIpc) is 4.10. The lowest BCUT2D eigenvalue weighted by atomic mass is 9.73. The standard InChI is InChI=1S/C80H58/c1-2-14-34-57(33-13-1)69-71(58-35-15-3-4-16-36-58)75(63-45-25-9-26-46-63)79(76(64-47-27-10-28-48-64)72(69)60-39-19-6-20-40-60)67-53-55-68(56-54-67)80-77(65-49-29-11-30-50-65)73(61-41-21-7-22-42-61)70(59-37-17-5-18-38-59)74(62-43-23-8-24-44-62)78(80)66-51-31-12-32-52-66/h1,3,5-56H,2,4H2. The molecule has 0 heterocycles. The van der Waals surface area contributed by atoms with Crippen molar-refractivity contribution in [1.29, 1.82) is 0 Å². The van der Waals surface area contributed by atoms with Gasteiger partial charge in [-0.1, -0.05) is 328 Å². The highest BCUT2D eigenvalue weighted by Crippen LogP contribution is 2.58. The fourth-order valence-electron chi connectivity index (χ4n) is 12.1. The highest BCUT2D eigenvalue weighted by Gasteiger charge is 2.32. The van der Waals surface area contributed by atoms with Crippen molar-refractivity contribution >= 4 is 11.1 Å². The molecule has 0 unspecified atom stereocenters. The van der Waals surface area contributed by atoms with Crippen molar-refractivity contribution in [1.82, 2.24) is 0 Å². The van der Waals surface area contributed by atoms with Crippen LogP contribution in [-0.2, 0) is 0 Å². The van der Waals surface area contributed by atoms with E-state index < -0.39 is 0 Å². The number of benzene rings is 11. The second-order valence-corrected chi connectivity index (χ2v) is 20.4. The van der Waals surface area contributed by atoms with Crippen LogP contribution >= 0.6 is 0 Å². The molecule has 2 aliphatic rings. The molecule has 0 fully saturated rings.